The van der Waals surface area contributed by atoms with Gasteiger partial charge in [0.2, 0.25) is 5.91 Å². The van der Waals surface area contributed by atoms with E-state index in [9.17, 15) is 9.59 Å². The van der Waals surface area contributed by atoms with Crippen LogP contribution in [0.3, 0.4) is 0 Å². The van der Waals surface area contributed by atoms with Crippen molar-refractivity contribution in [1.82, 2.24) is 35.1 Å². The van der Waals surface area contributed by atoms with Crippen LogP contribution in [-0.2, 0) is 22.7 Å². The van der Waals surface area contributed by atoms with E-state index >= 15 is 0 Å². The van der Waals surface area contributed by atoms with Crippen LogP contribution in [0.15, 0.2) is 24.5 Å². The molecule has 182 valence electrons. The van der Waals surface area contributed by atoms with Crippen molar-refractivity contribution < 1.29 is 19.1 Å². The Kier molecular flexibility index (Phi) is 7.00. The maximum absolute atomic E-state index is 13.1. The molecule has 0 unspecified atom stereocenters. The molecule has 3 aliphatic heterocycles. The van der Waals surface area contributed by atoms with Gasteiger partial charge in [0.25, 0.3) is 5.91 Å². The maximum atomic E-state index is 13.1. The quantitative estimate of drug-likeness (QED) is 0.675. The van der Waals surface area contributed by atoms with Crippen molar-refractivity contribution in [2.24, 2.45) is 0 Å². The van der Waals surface area contributed by atoms with Crippen molar-refractivity contribution in [3.8, 4) is 5.75 Å². The number of hydrogen-bond donors (Lipinski definition) is 1. The van der Waals surface area contributed by atoms with Crippen LogP contribution < -0.4 is 10.1 Å². The van der Waals surface area contributed by atoms with Crippen molar-refractivity contribution >= 4 is 11.8 Å². The predicted molar refractivity (Wildman–Crippen MR) is 121 cm³/mol. The van der Waals surface area contributed by atoms with Gasteiger partial charge in [0, 0.05) is 19.3 Å². The molecule has 2 aromatic heterocycles. The summed E-state index contributed by atoms with van der Waals surface area (Å²) in [6.07, 6.45) is 7.74. The minimum atomic E-state index is -0.367. The summed E-state index contributed by atoms with van der Waals surface area (Å²) in [5.74, 6) is 0.130. The minimum absolute atomic E-state index is 0.0676. The number of likely N-dealkylation sites (tertiary alicyclic amines) is 2. The molecule has 2 atom stereocenters. The van der Waals surface area contributed by atoms with Gasteiger partial charge in [-0.3, -0.25) is 14.5 Å². The number of nitrogens with zero attached hydrogens (tertiary/aromatic N) is 6. The fourth-order valence-electron chi connectivity index (χ4n) is 4.74. The third-order valence-corrected chi connectivity index (χ3v) is 6.59. The summed E-state index contributed by atoms with van der Waals surface area (Å²) in [5.41, 5.74) is 0.908. The fraction of sp³-hybridized carbons (Fsp3) is 0.609. The molecule has 3 aliphatic rings. The Bertz CT molecular complexity index is 1000. The zero-order chi connectivity index (χ0) is 23.3. The van der Waals surface area contributed by atoms with E-state index in [1.54, 1.807) is 27.9 Å². The summed E-state index contributed by atoms with van der Waals surface area (Å²) in [6, 6.07) is 3.08. The summed E-state index contributed by atoms with van der Waals surface area (Å²) in [4.78, 5) is 34.5. The summed E-state index contributed by atoms with van der Waals surface area (Å²) >= 11 is 0. The summed E-state index contributed by atoms with van der Waals surface area (Å²) in [6.45, 7) is 4.17. The largest absolute Gasteiger partial charge is 0.489 e. The van der Waals surface area contributed by atoms with Gasteiger partial charge < -0.3 is 19.7 Å². The Labute approximate surface area is 198 Å². The standard InChI is InChI=1S/C23H31N7O4/c31-21(15-28-8-3-1-2-4-9-28)29-13-18-20(14-29)34-16-17-12-30(27-26-17)10-11-33-19-6-5-7-24-22(19)23(32)25-18/h5-7,12,18,20H,1-4,8-11,13-16H2,(H,25,32)/t18-,20-/m0/s1. The number of fused-ring (bicyclic) bond motifs is 4. The van der Waals surface area contributed by atoms with Crippen molar-refractivity contribution in [1.29, 1.82) is 0 Å². The third-order valence-electron chi connectivity index (χ3n) is 6.59. The Balaban J connectivity index is 1.33. The van der Waals surface area contributed by atoms with Gasteiger partial charge >= 0.3 is 0 Å². The van der Waals surface area contributed by atoms with E-state index in [-0.39, 0.29) is 36.3 Å². The molecule has 5 rings (SSSR count). The van der Waals surface area contributed by atoms with Gasteiger partial charge in [0.05, 0.1) is 38.0 Å². The Hall–Kier alpha value is -3.05. The molecule has 0 radical (unpaired) electrons. The molecule has 11 nitrogen and oxygen atoms in total. The number of nitrogens with one attached hydrogen (secondary N) is 1. The van der Waals surface area contributed by atoms with Crippen molar-refractivity contribution in [2.75, 3.05) is 39.3 Å². The molecule has 34 heavy (non-hydrogen) atoms. The molecule has 2 aromatic rings. The molecule has 0 spiro atoms. The number of ether oxygens (including phenoxy) is 2. The van der Waals surface area contributed by atoms with E-state index in [4.69, 9.17) is 9.47 Å². The second-order valence-electron chi connectivity index (χ2n) is 9.09. The second-order valence-corrected chi connectivity index (χ2v) is 9.09. The predicted octanol–water partition coefficient (Wildman–Crippen LogP) is 0.468. The van der Waals surface area contributed by atoms with Crippen LogP contribution >= 0.6 is 0 Å². The number of carbonyl (C=O) groups excluding carboxylic acids is 2. The molecule has 2 bridgehead atoms. The van der Waals surface area contributed by atoms with E-state index in [1.165, 1.54) is 12.8 Å². The summed E-state index contributed by atoms with van der Waals surface area (Å²) < 4.78 is 13.7. The smallest absolute Gasteiger partial charge is 0.274 e. The Morgan fingerprint density at radius 1 is 1.15 bits per heavy atom. The molecule has 1 N–H and O–H groups in total. The summed E-state index contributed by atoms with van der Waals surface area (Å²) in [5, 5.41) is 11.3. The van der Waals surface area contributed by atoms with Gasteiger partial charge in [-0.25, -0.2) is 9.67 Å². The zero-order valence-electron chi connectivity index (χ0n) is 19.3. The Morgan fingerprint density at radius 3 is 2.85 bits per heavy atom. The molecule has 5 heterocycles. The van der Waals surface area contributed by atoms with Gasteiger partial charge in [0.1, 0.15) is 12.3 Å². The normalized spacial score (nSPS) is 24.2. The average Bonchev–Trinajstić information content (AvgIpc) is 3.37. The molecular weight excluding hydrogens is 438 g/mol. The lowest BCUT2D eigenvalue weighted by molar-refractivity contribution is -0.132. The van der Waals surface area contributed by atoms with E-state index in [0.717, 1.165) is 25.9 Å². The number of carbonyl (C=O) groups is 2. The molecule has 2 amide bonds. The van der Waals surface area contributed by atoms with Crippen molar-refractivity contribution in [3.63, 3.8) is 0 Å². The van der Waals surface area contributed by atoms with Crippen LogP contribution in [0.2, 0.25) is 0 Å². The van der Waals surface area contributed by atoms with Crippen LogP contribution in [0.1, 0.15) is 41.9 Å². The lowest BCUT2D eigenvalue weighted by Gasteiger charge is -2.23. The minimum Gasteiger partial charge on any atom is -0.489 e. The van der Waals surface area contributed by atoms with Crippen LogP contribution in [0.4, 0.5) is 0 Å². The zero-order valence-corrected chi connectivity index (χ0v) is 19.3. The average molecular weight is 470 g/mol. The monoisotopic (exact) mass is 469 g/mol. The molecule has 0 aromatic carbocycles. The van der Waals surface area contributed by atoms with E-state index in [1.807, 2.05) is 6.20 Å². The first kappa shape index (κ1) is 22.7. The van der Waals surface area contributed by atoms with Gasteiger partial charge in [-0.1, -0.05) is 18.1 Å². The van der Waals surface area contributed by atoms with E-state index in [2.05, 4.69) is 25.5 Å². The molecule has 2 fully saturated rings. The van der Waals surface area contributed by atoms with Gasteiger partial charge in [-0.2, -0.15) is 0 Å². The van der Waals surface area contributed by atoms with E-state index < -0.39 is 0 Å². The molecule has 0 aliphatic carbocycles. The lowest BCUT2D eigenvalue weighted by Crippen LogP contribution is -2.45. The second kappa shape index (κ2) is 10.5. The lowest BCUT2D eigenvalue weighted by atomic mass is 10.2. The van der Waals surface area contributed by atoms with Crippen LogP contribution in [0.25, 0.3) is 0 Å². The first-order valence-corrected chi connectivity index (χ1v) is 12.0. The number of aromatic nitrogens is 4. The van der Waals surface area contributed by atoms with Crippen LogP contribution in [-0.4, -0.2) is 93.1 Å². The van der Waals surface area contributed by atoms with Crippen LogP contribution in [0, 0.1) is 0 Å². The first-order valence-electron chi connectivity index (χ1n) is 12.0. The number of amides is 2. The van der Waals surface area contributed by atoms with Gasteiger partial charge in [-0.05, 0) is 38.1 Å². The van der Waals surface area contributed by atoms with E-state index in [0.29, 0.717) is 44.2 Å². The Morgan fingerprint density at radius 2 is 2.00 bits per heavy atom. The number of pyridine rings is 1. The van der Waals surface area contributed by atoms with Crippen molar-refractivity contribution in [2.45, 2.75) is 51.0 Å². The highest BCUT2D eigenvalue weighted by Crippen LogP contribution is 2.20. The third kappa shape index (κ3) is 5.36. The SMILES string of the molecule is O=C1N[C@H]2CN(C(=O)CN3CCCCCC3)C[C@@H]2OCc2cn(nn2)CCOc2cccnc21. The molecular formula is C23H31N7O4. The summed E-state index contributed by atoms with van der Waals surface area (Å²) in [7, 11) is 0. The molecule has 0 saturated carbocycles. The molecule has 2 saturated heterocycles. The fourth-order valence-corrected chi connectivity index (χ4v) is 4.74. The number of rotatable bonds is 2. The first-order chi connectivity index (χ1) is 16.7. The topological polar surface area (TPSA) is 115 Å². The van der Waals surface area contributed by atoms with Gasteiger partial charge in [-0.15, -0.1) is 5.10 Å². The number of hydrogen-bond acceptors (Lipinski definition) is 8. The highest BCUT2D eigenvalue weighted by atomic mass is 16.5. The maximum Gasteiger partial charge on any atom is 0.274 e. The highest BCUT2D eigenvalue weighted by molar-refractivity contribution is 5.95. The van der Waals surface area contributed by atoms with Crippen LogP contribution in [0.5, 0.6) is 5.75 Å². The highest BCUT2D eigenvalue weighted by Gasteiger charge is 2.38. The van der Waals surface area contributed by atoms with Gasteiger partial charge in [0.15, 0.2) is 11.4 Å². The van der Waals surface area contributed by atoms with Crippen molar-refractivity contribution in [3.05, 3.63) is 35.9 Å². The molecule has 11 heteroatoms.